The van der Waals surface area contributed by atoms with Crippen LogP contribution >= 0.6 is 11.6 Å². The Morgan fingerprint density at radius 1 is 1.47 bits per heavy atom. The zero-order chi connectivity index (χ0) is 11.4. The third-order valence-electron chi connectivity index (χ3n) is 2.56. The summed E-state index contributed by atoms with van der Waals surface area (Å²) in [5.74, 6) is 0.589. The predicted octanol–water partition coefficient (Wildman–Crippen LogP) is 3.89. The van der Waals surface area contributed by atoms with Crippen LogP contribution < -0.4 is 5.32 Å². The lowest BCUT2D eigenvalue weighted by Crippen LogP contribution is -2.24. The quantitative estimate of drug-likeness (QED) is 0.788. The standard InChI is InChI=1S/C12H19ClN2/c1-5-10(8(2)3)15-11-6-9(4)7-14-12(11)13/h6-8,10,15H,5H2,1-4H3. The van der Waals surface area contributed by atoms with Crippen LogP contribution in [0, 0.1) is 12.8 Å². The zero-order valence-electron chi connectivity index (χ0n) is 9.84. The molecule has 0 aliphatic heterocycles. The van der Waals surface area contributed by atoms with Crippen LogP contribution in [0.15, 0.2) is 12.3 Å². The predicted molar refractivity (Wildman–Crippen MR) is 66.5 cm³/mol. The van der Waals surface area contributed by atoms with Gasteiger partial charge in [-0.15, -0.1) is 0 Å². The second kappa shape index (κ2) is 5.36. The Morgan fingerprint density at radius 2 is 2.13 bits per heavy atom. The van der Waals surface area contributed by atoms with Gasteiger partial charge in [-0.05, 0) is 30.9 Å². The Bertz CT molecular complexity index is 323. The van der Waals surface area contributed by atoms with E-state index in [0.29, 0.717) is 17.1 Å². The van der Waals surface area contributed by atoms with Gasteiger partial charge in [0.15, 0.2) is 5.15 Å². The van der Waals surface area contributed by atoms with Gasteiger partial charge in [-0.3, -0.25) is 0 Å². The summed E-state index contributed by atoms with van der Waals surface area (Å²) < 4.78 is 0. The van der Waals surface area contributed by atoms with E-state index in [4.69, 9.17) is 11.6 Å². The Balaban J connectivity index is 2.82. The fourth-order valence-corrected chi connectivity index (χ4v) is 1.75. The first kappa shape index (κ1) is 12.3. The summed E-state index contributed by atoms with van der Waals surface area (Å²) in [6, 6.07) is 2.49. The first-order valence-electron chi connectivity index (χ1n) is 5.43. The number of halogens is 1. The van der Waals surface area contributed by atoms with Crippen molar-refractivity contribution in [2.75, 3.05) is 5.32 Å². The summed E-state index contributed by atoms with van der Waals surface area (Å²) in [6.07, 6.45) is 2.87. The summed E-state index contributed by atoms with van der Waals surface area (Å²) in [6.45, 7) is 8.61. The normalized spacial score (nSPS) is 12.9. The molecule has 1 unspecified atom stereocenters. The minimum atomic E-state index is 0.450. The van der Waals surface area contributed by atoms with Gasteiger partial charge in [0.25, 0.3) is 0 Å². The maximum atomic E-state index is 6.03. The van der Waals surface area contributed by atoms with Crippen molar-refractivity contribution < 1.29 is 0 Å². The van der Waals surface area contributed by atoms with E-state index in [-0.39, 0.29) is 0 Å². The van der Waals surface area contributed by atoms with Crippen molar-refractivity contribution >= 4 is 17.3 Å². The number of hydrogen-bond acceptors (Lipinski definition) is 2. The fourth-order valence-electron chi connectivity index (χ4n) is 1.59. The average molecular weight is 227 g/mol. The molecule has 2 nitrogen and oxygen atoms in total. The topological polar surface area (TPSA) is 24.9 Å². The fraction of sp³-hybridized carbons (Fsp3) is 0.583. The largest absolute Gasteiger partial charge is 0.380 e. The van der Waals surface area contributed by atoms with Crippen LogP contribution in [-0.4, -0.2) is 11.0 Å². The van der Waals surface area contributed by atoms with E-state index >= 15 is 0 Å². The smallest absolute Gasteiger partial charge is 0.152 e. The van der Waals surface area contributed by atoms with Crippen LogP contribution in [0.25, 0.3) is 0 Å². The van der Waals surface area contributed by atoms with Crippen LogP contribution in [0.3, 0.4) is 0 Å². The molecule has 1 heterocycles. The minimum absolute atomic E-state index is 0.450. The molecule has 3 heteroatoms. The number of nitrogens with zero attached hydrogens (tertiary/aromatic N) is 1. The third-order valence-corrected chi connectivity index (χ3v) is 2.86. The molecule has 84 valence electrons. The maximum Gasteiger partial charge on any atom is 0.152 e. The summed E-state index contributed by atoms with van der Waals surface area (Å²) in [5.41, 5.74) is 2.07. The number of pyridine rings is 1. The van der Waals surface area contributed by atoms with Gasteiger partial charge in [-0.2, -0.15) is 0 Å². The number of rotatable bonds is 4. The van der Waals surface area contributed by atoms with Gasteiger partial charge < -0.3 is 5.32 Å². The summed E-state index contributed by atoms with van der Waals surface area (Å²) in [7, 11) is 0. The van der Waals surface area contributed by atoms with Gasteiger partial charge in [0.1, 0.15) is 0 Å². The molecule has 0 saturated carbocycles. The van der Waals surface area contributed by atoms with E-state index in [9.17, 15) is 0 Å². The molecule has 0 amide bonds. The summed E-state index contributed by atoms with van der Waals surface area (Å²) in [5, 5.41) is 4.00. The highest BCUT2D eigenvalue weighted by atomic mass is 35.5. The van der Waals surface area contributed by atoms with E-state index in [1.54, 1.807) is 6.20 Å². The molecule has 0 saturated heterocycles. The molecule has 1 rings (SSSR count). The van der Waals surface area contributed by atoms with Crippen molar-refractivity contribution in [3.63, 3.8) is 0 Å². The van der Waals surface area contributed by atoms with Gasteiger partial charge >= 0.3 is 0 Å². The van der Waals surface area contributed by atoms with Crippen molar-refractivity contribution in [3.05, 3.63) is 23.0 Å². The minimum Gasteiger partial charge on any atom is -0.380 e. The summed E-state index contributed by atoms with van der Waals surface area (Å²) >= 11 is 6.03. The van der Waals surface area contributed by atoms with Crippen molar-refractivity contribution in [2.24, 2.45) is 5.92 Å². The van der Waals surface area contributed by atoms with Crippen LogP contribution in [0.4, 0.5) is 5.69 Å². The Labute approximate surface area is 97.1 Å². The monoisotopic (exact) mass is 226 g/mol. The highest BCUT2D eigenvalue weighted by Gasteiger charge is 2.12. The Morgan fingerprint density at radius 3 is 2.67 bits per heavy atom. The first-order chi connectivity index (χ1) is 7.04. The molecule has 1 aromatic rings. The molecule has 1 aromatic heterocycles. The summed E-state index contributed by atoms with van der Waals surface area (Å²) in [4.78, 5) is 4.13. The van der Waals surface area contributed by atoms with E-state index in [1.165, 1.54) is 0 Å². The van der Waals surface area contributed by atoms with Crippen LogP contribution in [0.1, 0.15) is 32.8 Å². The molecule has 0 aliphatic carbocycles. The van der Waals surface area contributed by atoms with E-state index in [1.807, 2.05) is 13.0 Å². The van der Waals surface area contributed by atoms with Crippen molar-refractivity contribution in [3.8, 4) is 0 Å². The third kappa shape index (κ3) is 3.38. The lowest BCUT2D eigenvalue weighted by molar-refractivity contribution is 0.511. The number of nitrogens with one attached hydrogen (secondary N) is 1. The second-order valence-electron chi connectivity index (χ2n) is 4.25. The highest BCUT2D eigenvalue weighted by Crippen LogP contribution is 2.23. The molecular weight excluding hydrogens is 208 g/mol. The van der Waals surface area contributed by atoms with Gasteiger partial charge in [-0.1, -0.05) is 32.4 Å². The Hall–Kier alpha value is -0.760. The number of aryl methyl sites for hydroxylation is 1. The van der Waals surface area contributed by atoms with Crippen molar-refractivity contribution in [1.82, 2.24) is 4.98 Å². The second-order valence-corrected chi connectivity index (χ2v) is 4.61. The van der Waals surface area contributed by atoms with E-state index < -0.39 is 0 Å². The van der Waals surface area contributed by atoms with Crippen LogP contribution in [0.5, 0.6) is 0 Å². The molecule has 0 bridgehead atoms. The zero-order valence-corrected chi connectivity index (χ0v) is 10.6. The Kier molecular flexibility index (Phi) is 4.40. The van der Waals surface area contributed by atoms with E-state index in [0.717, 1.165) is 17.7 Å². The number of hydrogen-bond donors (Lipinski definition) is 1. The number of anilines is 1. The van der Waals surface area contributed by atoms with Crippen LogP contribution in [0.2, 0.25) is 5.15 Å². The highest BCUT2D eigenvalue weighted by molar-refractivity contribution is 6.31. The van der Waals surface area contributed by atoms with Gasteiger partial charge in [0.05, 0.1) is 5.69 Å². The molecule has 0 spiro atoms. The first-order valence-corrected chi connectivity index (χ1v) is 5.81. The molecule has 0 aliphatic rings. The molecule has 0 radical (unpaired) electrons. The van der Waals surface area contributed by atoms with Gasteiger partial charge in [0.2, 0.25) is 0 Å². The van der Waals surface area contributed by atoms with Crippen molar-refractivity contribution in [2.45, 2.75) is 40.2 Å². The lowest BCUT2D eigenvalue weighted by Gasteiger charge is -2.22. The molecule has 1 N–H and O–H groups in total. The molecule has 0 aromatic carbocycles. The van der Waals surface area contributed by atoms with E-state index in [2.05, 4.69) is 31.1 Å². The van der Waals surface area contributed by atoms with Gasteiger partial charge in [0, 0.05) is 12.2 Å². The molecule has 0 fully saturated rings. The van der Waals surface area contributed by atoms with Crippen LogP contribution in [-0.2, 0) is 0 Å². The molecular formula is C12H19ClN2. The molecule has 15 heavy (non-hydrogen) atoms. The van der Waals surface area contributed by atoms with Crippen molar-refractivity contribution in [1.29, 1.82) is 0 Å². The van der Waals surface area contributed by atoms with Gasteiger partial charge in [-0.25, -0.2) is 4.98 Å². The maximum absolute atomic E-state index is 6.03. The molecule has 1 atom stereocenters. The number of aromatic nitrogens is 1. The average Bonchev–Trinajstić information content (AvgIpc) is 2.18. The SMILES string of the molecule is CCC(Nc1cc(C)cnc1Cl)C(C)C. The lowest BCUT2D eigenvalue weighted by atomic mass is 10.0.